The quantitative estimate of drug-likeness (QED) is 0.323. The van der Waals surface area contributed by atoms with E-state index in [4.69, 9.17) is 4.98 Å². The average Bonchev–Trinajstić information content (AvgIpc) is 3.58. The topological polar surface area (TPSA) is 103 Å². The molecule has 0 aliphatic carbocycles. The van der Waals surface area contributed by atoms with Gasteiger partial charge in [0.15, 0.2) is 0 Å². The Morgan fingerprint density at radius 3 is 2.38 bits per heavy atom. The van der Waals surface area contributed by atoms with Crippen LogP contribution >= 0.6 is 11.3 Å². The molecule has 2 aromatic rings. The van der Waals surface area contributed by atoms with Gasteiger partial charge in [-0.1, -0.05) is 54.0 Å². The van der Waals surface area contributed by atoms with E-state index in [2.05, 4.69) is 60.7 Å². The van der Waals surface area contributed by atoms with Crippen molar-refractivity contribution in [1.29, 1.82) is 0 Å². The summed E-state index contributed by atoms with van der Waals surface area (Å²) < 4.78 is 1.08. The third-order valence-electron chi connectivity index (χ3n) is 7.81. The van der Waals surface area contributed by atoms with E-state index < -0.39 is 6.04 Å². The summed E-state index contributed by atoms with van der Waals surface area (Å²) in [5.74, 6) is 0.0518. The van der Waals surface area contributed by atoms with Crippen LogP contribution in [0.4, 0.5) is 0 Å². The number of hydrogen-bond acceptors (Lipinski definition) is 6. The second-order valence-corrected chi connectivity index (χ2v) is 12.4. The lowest BCUT2D eigenvalue weighted by Crippen LogP contribution is -2.55. The molecule has 3 amide bonds. The number of carbonyl (C=O) groups excluding carboxylic acids is 3. The van der Waals surface area contributed by atoms with Gasteiger partial charge in [-0.25, -0.2) is 4.98 Å². The van der Waals surface area contributed by atoms with E-state index in [0.717, 1.165) is 41.3 Å². The van der Waals surface area contributed by atoms with Gasteiger partial charge in [0, 0.05) is 37.9 Å². The van der Waals surface area contributed by atoms with Crippen molar-refractivity contribution in [3.8, 4) is 0 Å². The van der Waals surface area contributed by atoms with Crippen molar-refractivity contribution in [2.24, 2.45) is 11.8 Å². The Morgan fingerprint density at radius 1 is 1.03 bits per heavy atom. The van der Waals surface area contributed by atoms with Gasteiger partial charge in [0.25, 0.3) is 0 Å². The normalized spacial score (nSPS) is 17.1. The molecule has 0 radical (unpaired) electrons. The standard InChI is InChI=1S/C30H47N5O3S/c1-7-20(5)25(17-31-29(37)21(6)18-35-13-9-10-14-35)34-30(38)24(32-27(36)8-2)16-28-33-23-12-11-22(19(3)4)15-26(23)39-28/h11-12,15,19-21,24-25H,7-10,13-14,16-18H2,1-6H3,(H,31,37)(H,32,36)(H,34,38)/t20-,21?,24-,25?/m0/s1. The third-order valence-corrected chi connectivity index (χ3v) is 8.85. The van der Waals surface area contributed by atoms with Gasteiger partial charge in [0.2, 0.25) is 17.7 Å². The molecule has 1 aromatic heterocycles. The summed E-state index contributed by atoms with van der Waals surface area (Å²) in [6, 6.07) is 5.30. The van der Waals surface area contributed by atoms with Crippen LogP contribution < -0.4 is 16.0 Å². The Morgan fingerprint density at radius 2 is 1.74 bits per heavy atom. The number of carbonyl (C=O) groups is 3. The summed E-state index contributed by atoms with van der Waals surface area (Å²) in [7, 11) is 0. The van der Waals surface area contributed by atoms with E-state index in [0.29, 0.717) is 25.3 Å². The molecule has 1 saturated heterocycles. The van der Waals surface area contributed by atoms with Gasteiger partial charge in [-0.2, -0.15) is 0 Å². The number of aromatic nitrogens is 1. The lowest BCUT2D eigenvalue weighted by molar-refractivity contribution is -0.129. The van der Waals surface area contributed by atoms with Gasteiger partial charge in [0.05, 0.1) is 15.2 Å². The van der Waals surface area contributed by atoms with E-state index in [1.54, 1.807) is 18.3 Å². The Balaban J connectivity index is 1.68. The maximum absolute atomic E-state index is 13.5. The number of hydrogen-bond donors (Lipinski definition) is 3. The summed E-state index contributed by atoms with van der Waals surface area (Å²) in [5, 5.41) is 9.92. The maximum Gasteiger partial charge on any atom is 0.243 e. The molecular formula is C30H47N5O3S. The number of amides is 3. The van der Waals surface area contributed by atoms with Crippen LogP contribution in [0.2, 0.25) is 0 Å². The van der Waals surface area contributed by atoms with Gasteiger partial charge in [-0.15, -0.1) is 11.3 Å². The van der Waals surface area contributed by atoms with Gasteiger partial charge in [-0.3, -0.25) is 14.4 Å². The molecule has 3 rings (SSSR count). The molecule has 1 aromatic carbocycles. The maximum atomic E-state index is 13.5. The Labute approximate surface area is 237 Å². The molecule has 216 valence electrons. The van der Waals surface area contributed by atoms with Crippen molar-refractivity contribution in [2.75, 3.05) is 26.2 Å². The van der Waals surface area contributed by atoms with Gasteiger partial charge >= 0.3 is 0 Å². The van der Waals surface area contributed by atoms with E-state index in [9.17, 15) is 14.4 Å². The highest BCUT2D eigenvalue weighted by Crippen LogP contribution is 2.27. The predicted octanol–water partition coefficient (Wildman–Crippen LogP) is 4.24. The SMILES string of the molecule is CCC(=O)N[C@@H](Cc1nc2ccc(C(C)C)cc2s1)C(=O)NC(CNC(=O)C(C)CN1CCCC1)[C@@H](C)CC. The molecule has 0 bridgehead atoms. The van der Waals surface area contributed by atoms with Crippen LogP contribution in [0.5, 0.6) is 0 Å². The highest BCUT2D eigenvalue weighted by Gasteiger charge is 2.28. The monoisotopic (exact) mass is 557 g/mol. The average molecular weight is 558 g/mol. The fraction of sp³-hybridized carbons (Fsp3) is 0.667. The summed E-state index contributed by atoms with van der Waals surface area (Å²) >= 11 is 1.57. The molecule has 3 N–H and O–H groups in total. The zero-order chi connectivity index (χ0) is 28.5. The summed E-state index contributed by atoms with van der Waals surface area (Å²) in [4.78, 5) is 45.8. The Hall–Kier alpha value is -2.52. The minimum atomic E-state index is -0.737. The smallest absolute Gasteiger partial charge is 0.243 e. The lowest BCUT2D eigenvalue weighted by atomic mass is 9.98. The minimum absolute atomic E-state index is 0.00975. The number of fused-ring (bicyclic) bond motifs is 1. The molecule has 1 fully saturated rings. The van der Waals surface area contributed by atoms with E-state index in [1.807, 2.05) is 13.0 Å². The molecule has 1 aliphatic rings. The first kappa shape index (κ1) is 31.0. The highest BCUT2D eigenvalue weighted by molar-refractivity contribution is 7.18. The van der Waals surface area contributed by atoms with E-state index in [-0.39, 0.29) is 35.6 Å². The van der Waals surface area contributed by atoms with Crippen molar-refractivity contribution in [1.82, 2.24) is 25.8 Å². The van der Waals surface area contributed by atoms with Crippen LogP contribution in [0.1, 0.15) is 83.7 Å². The van der Waals surface area contributed by atoms with Crippen LogP contribution in [0, 0.1) is 11.8 Å². The predicted molar refractivity (Wildman–Crippen MR) is 159 cm³/mol. The first-order valence-electron chi connectivity index (χ1n) is 14.6. The fourth-order valence-electron chi connectivity index (χ4n) is 4.90. The molecular weight excluding hydrogens is 510 g/mol. The Kier molecular flexibility index (Phi) is 11.7. The number of nitrogens with zero attached hydrogens (tertiary/aromatic N) is 2. The number of benzene rings is 1. The Bertz CT molecular complexity index is 1110. The fourth-order valence-corrected chi connectivity index (χ4v) is 5.96. The van der Waals surface area contributed by atoms with Gasteiger partial charge in [-0.05, 0) is 55.5 Å². The minimum Gasteiger partial charge on any atom is -0.354 e. The largest absolute Gasteiger partial charge is 0.354 e. The number of likely N-dealkylation sites (tertiary alicyclic amines) is 1. The number of rotatable bonds is 14. The number of thiazole rings is 1. The van der Waals surface area contributed by atoms with Gasteiger partial charge < -0.3 is 20.9 Å². The molecule has 4 atom stereocenters. The van der Waals surface area contributed by atoms with Crippen LogP contribution in [-0.4, -0.2) is 65.9 Å². The molecule has 0 spiro atoms. The molecule has 1 aliphatic heterocycles. The summed E-state index contributed by atoms with van der Waals surface area (Å²) in [6.07, 6.45) is 3.86. The van der Waals surface area contributed by atoms with E-state index in [1.165, 1.54) is 18.4 Å². The van der Waals surface area contributed by atoms with Crippen molar-refractivity contribution in [2.45, 2.75) is 91.6 Å². The lowest BCUT2D eigenvalue weighted by Gasteiger charge is -2.28. The van der Waals surface area contributed by atoms with E-state index >= 15 is 0 Å². The van der Waals surface area contributed by atoms with Crippen LogP contribution in [0.3, 0.4) is 0 Å². The summed E-state index contributed by atoms with van der Waals surface area (Å²) in [5.41, 5.74) is 2.16. The molecule has 8 nitrogen and oxygen atoms in total. The summed E-state index contributed by atoms with van der Waals surface area (Å²) in [6.45, 7) is 15.4. The highest BCUT2D eigenvalue weighted by atomic mass is 32.1. The van der Waals surface area contributed by atoms with Crippen LogP contribution in [0.15, 0.2) is 18.2 Å². The van der Waals surface area contributed by atoms with Crippen LogP contribution in [0.25, 0.3) is 10.2 Å². The van der Waals surface area contributed by atoms with Crippen molar-refractivity contribution in [3.63, 3.8) is 0 Å². The molecule has 9 heteroatoms. The number of nitrogens with one attached hydrogen (secondary N) is 3. The second-order valence-electron chi connectivity index (χ2n) is 11.3. The van der Waals surface area contributed by atoms with Crippen LogP contribution in [-0.2, 0) is 20.8 Å². The first-order valence-corrected chi connectivity index (χ1v) is 15.4. The zero-order valence-electron chi connectivity index (χ0n) is 24.5. The third kappa shape index (κ3) is 9.00. The second kappa shape index (κ2) is 14.7. The molecule has 39 heavy (non-hydrogen) atoms. The van der Waals surface area contributed by atoms with Crippen molar-refractivity contribution < 1.29 is 14.4 Å². The van der Waals surface area contributed by atoms with Crippen molar-refractivity contribution >= 4 is 39.3 Å². The first-order chi connectivity index (χ1) is 18.6. The molecule has 2 heterocycles. The molecule has 2 unspecified atom stereocenters. The van der Waals surface area contributed by atoms with Gasteiger partial charge in [0.1, 0.15) is 6.04 Å². The van der Waals surface area contributed by atoms with Crippen molar-refractivity contribution in [3.05, 3.63) is 28.8 Å². The zero-order valence-corrected chi connectivity index (χ0v) is 25.3. The molecule has 0 saturated carbocycles.